The predicted octanol–water partition coefficient (Wildman–Crippen LogP) is 2.52. The first-order valence-electron chi connectivity index (χ1n) is 6.77. The van der Waals surface area contributed by atoms with E-state index in [1.165, 1.54) is 14.2 Å². The molecule has 2 aromatic rings. The van der Waals surface area contributed by atoms with Crippen molar-refractivity contribution >= 4 is 38.3 Å². The van der Waals surface area contributed by atoms with Crippen LogP contribution in [0, 0.1) is 6.92 Å². The minimum absolute atomic E-state index is 0. The molecule has 0 saturated heterocycles. The fourth-order valence-corrected chi connectivity index (χ4v) is 3.20. The molecule has 2 aromatic carbocycles. The predicted molar refractivity (Wildman–Crippen MR) is 96.7 cm³/mol. The zero-order valence-electron chi connectivity index (χ0n) is 13.1. The van der Waals surface area contributed by atoms with Crippen LogP contribution < -0.4 is 19.5 Å². The maximum atomic E-state index is 12.7. The van der Waals surface area contributed by atoms with E-state index in [1.54, 1.807) is 19.2 Å². The summed E-state index contributed by atoms with van der Waals surface area (Å²) >= 11 is 0. The molecule has 4 nitrogen and oxygen atoms in total. The van der Waals surface area contributed by atoms with E-state index < -0.39 is 0 Å². The van der Waals surface area contributed by atoms with Crippen LogP contribution in [0.2, 0.25) is 0 Å². The monoisotopic (exact) mass is 326 g/mol. The summed E-state index contributed by atoms with van der Waals surface area (Å²) in [6.45, 7) is 2.00. The van der Waals surface area contributed by atoms with Crippen LogP contribution >= 0.6 is 8.58 Å². The Kier molecular flexibility index (Phi) is 7.65. The van der Waals surface area contributed by atoms with E-state index in [1.807, 2.05) is 31.2 Å². The summed E-state index contributed by atoms with van der Waals surface area (Å²) in [5, 5.41) is 1.02. The number of hydrogen-bond acceptors (Lipinski definition) is 4. The number of carbonyl (C=O) groups excluding carboxylic acids is 1. The third-order valence-corrected chi connectivity index (χ3v) is 4.64. The molecule has 0 aliphatic heterocycles. The minimum atomic E-state index is -0.0225. The van der Waals surface area contributed by atoms with Crippen LogP contribution in [0.5, 0.6) is 17.2 Å². The molecule has 0 aromatic heterocycles. The number of benzene rings is 2. The van der Waals surface area contributed by atoms with Gasteiger partial charge < -0.3 is 14.2 Å². The Bertz CT molecular complexity index is 663. The Hall–Kier alpha value is -1.46. The van der Waals surface area contributed by atoms with Gasteiger partial charge in [-0.3, -0.25) is 4.79 Å². The van der Waals surface area contributed by atoms with E-state index in [9.17, 15) is 4.79 Å². The van der Waals surface area contributed by atoms with Crippen LogP contribution in [0.25, 0.3) is 0 Å². The summed E-state index contributed by atoms with van der Waals surface area (Å²) in [6.07, 6.45) is 0. The number of hydrogen-bond donors (Lipinski definition) is 0. The molecule has 0 heterocycles. The van der Waals surface area contributed by atoms with Crippen LogP contribution in [0.15, 0.2) is 36.4 Å². The molecule has 0 aliphatic rings. The topological polar surface area (TPSA) is 44.8 Å². The molecule has 0 N–H and O–H groups in total. The second-order valence-corrected chi connectivity index (χ2v) is 5.92. The average Bonchev–Trinajstić information content (AvgIpc) is 2.55. The van der Waals surface area contributed by atoms with Crippen molar-refractivity contribution in [1.29, 1.82) is 0 Å². The second-order valence-electron chi connectivity index (χ2n) is 4.68. The first kappa shape index (κ1) is 19.6. The van der Waals surface area contributed by atoms with Gasteiger partial charge in [0.25, 0.3) is 0 Å². The van der Waals surface area contributed by atoms with E-state index in [-0.39, 0.29) is 33.0 Å². The number of methoxy groups -OCH3 is 3. The van der Waals surface area contributed by atoms with Crippen molar-refractivity contribution in [2.24, 2.45) is 0 Å². The van der Waals surface area contributed by atoms with Crippen LogP contribution in [0.4, 0.5) is 0 Å². The molecule has 0 saturated carbocycles. The van der Waals surface area contributed by atoms with E-state index in [4.69, 9.17) is 14.2 Å². The van der Waals surface area contributed by atoms with Gasteiger partial charge in [-0.1, -0.05) is 24.3 Å². The van der Waals surface area contributed by atoms with Crippen LogP contribution in [0.3, 0.4) is 0 Å². The van der Waals surface area contributed by atoms with Crippen LogP contribution in [-0.2, 0) is 0 Å². The van der Waals surface area contributed by atoms with E-state index in [0.29, 0.717) is 22.8 Å². The number of carbonyl (C=O) groups is 1. The Morgan fingerprint density at radius 2 is 1.52 bits per heavy atom. The van der Waals surface area contributed by atoms with Gasteiger partial charge in [0.15, 0.2) is 5.52 Å². The Morgan fingerprint density at radius 1 is 0.957 bits per heavy atom. The molecule has 118 valence electrons. The number of aryl methyl sites for hydroxylation is 1. The Labute approximate surface area is 150 Å². The third-order valence-electron chi connectivity index (χ3n) is 3.34. The van der Waals surface area contributed by atoms with E-state index >= 15 is 0 Å². The molecule has 1 atom stereocenters. The fourth-order valence-electron chi connectivity index (χ4n) is 2.13. The normalized spacial score (nSPS) is 10.3. The molecule has 2 rings (SSSR count). The summed E-state index contributed by atoms with van der Waals surface area (Å²) in [4.78, 5) is 12.7. The first-order valence-corrected chi connectivity index (χ1v) is 7.77. The zero-order valence-corrected chi connectivity index (χ0v) is 14.1. The molecule has 0 spiro atoms. The number of rotatable bonds is 6. The van der Waals surface area contributed by atoms with E-state index in [0.717, 1.165) is 10.9 Å². The zero-order chi connectivity index (χ0) is 16.1. The molecule has 23 heavy (non-hydrogen) atoms. The molecular weight excluding hydrogens is 306 g/mol. The maximum absolute atomic E-state index is 12.7. The van der Waals surface area contributed by atoms with Gasteiger partial charge in [0, 0.05) is 12.1 Å². The Balaban J connectivity index is 0.00000264. The summed E-state index contributed by atoms with van der Waals surface area (Å²) in [6, 6.07) is 11.2. The van der Waals surface area contributed by atoms with Gasteiger partial charge in [-0.2, -0.15) is 0 Å². The van der Waals surface area contributed by atoms with Gasteiger partial charge in [-0.15, -0.1) is 0 Å². The summed E-state index contributed by atoms with van der Waals surface area (Å²) < 4.78 is 15.9. The SMILES string of the molecule is COc1cc(OC)c(C(=O)Pc2ccccc2C)c(OC)c1.[LiH]. The van der Waals surface area contributed by atoms with Crippen molar-refractivity contribution in [2.45, 2.75) is 6.92 Å². The van der Waals surface area contributed by atoms with E-state index in [2.05, 4.69) is 0 Å². The van der Waals surface area contributed by atoms with Crippen molar-refractivity contribution in [2.75, 3.05) is 21.3 Å². The summed E-state index contributed by atoms with van der Waals surface area (Å²) in [5.41, 5.74) is 1.53. The van der Waals surface area contributed by atoms with Crippen LogP contribution in [-0.4, -0.2) is 45.7 Å². The summed E-state index contributed by atoms with van der Waals surface area (Å²) in [7, 11) is 4.63. The second kappa shape index (κ2) is 8.99. The van der Waals surface area contributed by atoms with Crippen LogP contribution in [0.1, 0.15) is 15.9 Å². The van der Waals surface area contributed by atoms with Gasteiger partial charge >= 0.3 is 18.9 Å². The molecule has 0 fully saturated rings. The van der Waals surface area contributed by atoms with Crippen molar-refractivity contribution < 1.29 is 19.0 Å². The summed E-state index contributed by atoms with van der Waals surface area (Å²) in [5.74, 6) is 1.51. The molecule has 0 aliphatic carbocycles. The van der Waals surface area contributed by atoms with Gasteiger partial charge in [0.05, 0.1) is 21.3 Å². The average molecular weight is 326 g/mol. The standard InChI is InChI=1S/C17H19O4P.Li.H/c1-11-7-5-6-8-15(11)22-17(18)16-13(20-3)9-12(19-2)10-14(16)21-4;;/h5-10,22H,1-4H3;;. The van der Waals surface area contributed by atoms with Crippen molar-refractivity contribution in [3.63, 3.8) is 0 Å². The Morgan fingerprint density at radius 3 is 2.00 bits per heavy atom. The molecule has 6 heteroatoms. The quantitative estimate of drug-likeness (QED) is 0.604. The third kappa shape index (κ3) is 4.51. The molecule has 0 bridgehead atoms. The van der Waals surface area contributed by atoms with Gasteiger partial charge in [-0.25, -0.2) is 0 Å². The van der Waals surface area contributed by atoms with Crippen molar-refractivity contribution in [1.82, 2.24) is 0 Å². The number of ether oxygens (including phenoxy) is 3. The molecule has 0 amide bonds. The van der Waals surface area contributed by atoms with Crippen molar-refractivity contribution in [3.8, 4) is 17.2 Å². The molecular formula is C17H20LiO4P. The molecule has 1 unspecified atom stereocenters. The molecule has 0 radical (unpaired) electrons. The van der Waals surface area contributed by atoms with Gasteiger partial charge in [0.1, 0.15) is 22.8 Å². The fraction of sp³-hybridized carbons (Fsp3) is 0.235. The van der Waals surface area contributed by atoms with Crippen molar-refractivity contribution in [3.05, 3.63) is 47.5 Å². The van der Waals surface area contributed by atoms with Gasteiger partial charge in [-0.05, 0) is 26.4 Å². The first-order chi connectivity index (χ1) is 10.6. The van der Waals surface area contributed by atoms with Gasteiger partial charge in [0.2, 0.25) is 0 Å².